The van der Waals surface area contributed by atoms with Crippen molar-refractivity contribution in [2.45, 2.75) is 58.1 Å². The van der Waals surface area contributed by atoms with Crippen LogP contribution in [-0.4, -0.2) is 52.4 Å². The molecule has 0 saturated heterocycles. The molecule has 0 aliphatic heterocycles. The van der Waals surface area contributed by atoms with Crippen LogP contribution in [0.3, 0.4) is 0 Å². The molecule has 0 saturated carbocycles. The van der Waals surface area contributed by atoms with E-state index in [2.05, 4.69) is 34.0 Å². The largest absolute Gasteiger partial charge is 0.443 e. The first kappa shape index (κ1) is 30.4. The molecule has 1 amide bonds. The molecule has 0 aliphatic carbocycles. The highest BCUT2D eigenvalue weighted by molar-refractivity contribution is 5.96. The molecule has 1 aromatic carbocycles. The van der Waals surface area contributed by atoms with Crippen LogP contribution in [0.25, 0.3) is 11.6 Å². The van der Waals surface area contributed by atoms with E-state index in [4.69, 9.17) is 15.6 Å². The van der Waals surface area contributed by atoms with Gasteiger partial charge in [0.25, 0.3) is 5.91 Å². The molecule has 0 spiro atoms. The van der Waals surface area contributed by atoms with Crippen LogP contribution in [0.15, 0.2) is 59.0 Å². The number of aliphatic hydroxyl groups excluding tert-OH is 1. The van der Waals surface area contributed by atoms with E-state index < -0.39 is 29.7 Å². The van der Waals surface area contributed by atoms with Crippen molar-refractivity contribution in [1.29, 1.82) is 5.41 Å². The van der Waals surface area contributed by atoms with Gasteiger partial charge in [0.15, 0.2) is 0 Å². The van der Waals surface area contributed by atoms with E-state index in [9.17, 15) is 18.7 Å². The Kier molecular flexibility index (Phi) is 11.3. The molecule has 0 aliphatic rings. The number of aromatic nitrogens is 2. The van der Waals surface area contributed by atoms with E-state index in [-0.39, 0.29) is 36.3 Å². The number of nitrogens with two attached hydrogens (primary N) is 1. The van der Waals surface area contributed by atoms with E-state index in [1.807, 2.05) is 0 Å². The Morgan fingerprint density at radius 2 is 1.88 bits per heavy atom. The number of hydrogen-bond donors (Lipinski definition) is 4. The van der Waals surface area contributed by atoms with Gasteiger partial charge in [-0.05, 0) is 68.0 Å². The average molecular weight is 555 g/mol. The lowest BCUT2D eigenvalue weighted by Gasteiger charge is -2.26. The second-order valence-electron chi connectivity index (χ2n) is 9.50. The number of carbonyl (C=O) groups excluding carboxylic acids is 1. The summed E-state index contributed by atoms with van der Waals surface area (Å²) in [5.74, 6) is -1.18. The van der Waals surface area contributed by atoms with Gasteiger partial charge in [0.05, 0.1) is 18.3 Å². The van der Waals surface area contributed by atoms with Gasteiger partial charge in [0.1, 0.15) is 29.4 Å². The van der Waals surface area contributed by atoms with Crippen LogP contribution in [-0.2, 0) is 6.42 Å². The number of carbonyl (C=O) groups is 1. The van der Waals surface area contributed by atoms with Gasteiger partial charge in [-0.3, -0.25) is 4.79 Å². The third-order valence-electron chi connectivity index (χ3n) is 6.22. The third-order valence-corrected chi connectivity index (χ3v) is 6.22. The summed E-state index contributed by atoms with van der Waals surface area (Å²) in [5.41, 5.74) is 7.16. The predicted molar refractivity (Wildman–Crippen MR) is 150 cm³/mol. The van der Waals surface area contributed by atoms with Crippen LogP contribution < -0.4 is 16.0 Å². The first-order chi connectivity index (χ1) is 19.2. The van der Waals surface area contributed by atoms with E-state index in [0.29, 0.717) is 17.2 Å². The van der Waals surface area contributed by atoms with Crippen LogP contribution in [0, 0.1) is 17.0 Å². The van der Waals surface area contributed by atoms with Crippen molar-refractivity contribution in [2.24, 2.45) is 5.73 Å². The fraction of sp³-hybridized carbons (Fsp3) is 0.379. The number of nitrogens with zero attached hydrogens (tertiary/aromatic N) is 3. The number of hydrogen-bond acceptors (Lipinski definition) is 8. The molecular formula is C29H36F2N6O3. The molecular weight excluding hydrogens is 518 g/mol. The second-order valence-corrected chi connectivity index (χ2v) is 9.50. The molecule has 5 N–H and O–H groups in total. The van der Waals surface area contributed by atoms with Crippen molar-refractivity contribution >= 4 is 17.9 Å². The number of rotatable bonds is 15. The van der Waals surface area contributed by atoms with Gasteiger partial charge in [-0.15, -0.1) is 0 Å². The number of allylic oxidation sites excluding steroid dienone is 2. The number of nitrogens with one attached hydrogen (secondary N) is 2. The maximum absolute atomic E-state index is 13.9. The molecule has 0 bridgehead atoms. The Labute approximate surface area is 232 Å². The lowest BCUT2D eigenvalue weighted by Crippen LogP contribution is -2.45. The number of pyridine rings is 1. The Morgan fingerprint density at radius 1 is 1.18 bits per heavy atom. The van der Waals surface area contributed by atoms with Crippen LogP contribution >= 0.6 is 0 Å². The van der Waals surface area contributed by atoms with Crippen LogP contribution in [0.1, 0.15) is 55.5 Å². The van der Waals surface area contributed by atoms with Gasteiger partial charge < -0.3 is 30.9 Å². The molecule has 214 valence electrons. The Balaban J connectivity index is 1.95. The minimum Gasteiger partial charge on any atom is -0.443 e. The van der Waals surface area contributed by atoms with E-state index in [1.165, 1.54) is 18.5 Å². The van der Waals surface area contributed by atoms with Gasteiger partial charge in [0, 0.05) is 36.6 Å². The number of benzene rings is 1. The quantitative estimate of drug-likeness (QED) is 0.201. The van der Waals surface area contributed by atoms with E-state index >= 15 is 0 Å². The maximum Gasteiger partial charge on any atom is 0.251 e. The topological polar surface area (TPSA) is 141 Å². The molecule has 40 heavy (non-hydrogen) atoms. The lowest BCUT2D eigenvalue weighted by molar-refractivity contribution is 0.0814. The number of aliphatic hydroxyl groups is 1. The summed E-state index contributed by atoms with van der Waals surface area (Å²) in [6.07, 6.45) is 6.40. The number of oxazole rings is 1. The summed E-state index contributed by atoms with van der Waals surface area (Å²) < 4.78 is 33.3. The van der Waals surface area contributed by atoms with E-state index in [1.54, 1.807) is 12.1 Å². The van der Waals surface area contributed by atoms with Crippen molar-refractivity contribution in [2.75, 3.05) is 18.0 Å². The van der Waals surface area contributed by atoms with Crippen LogP contribution in [0.2, 0.25) is 0 Å². The van der Waals surface area contributed by atoms with Crippen LogP contribution in [0.4, 0.5) is 14.6 Å². The fourth-order valence-corrected chi connectivity index (χ4v) is 4.37. The molecule has 2 aromatic heterocycles. The molecule has 3 aromatic rings. The third kappa shape index (κ3) is 8.70. The van der Waals surface area contributed by atoms with E-state index in [0.717, 1.165) is 50.3 Å². The molecule has 2 unspecified atom stereocenters. The summed E-state index contributed by atoms with van der Waals surface area (Å²) in [4.78, 5) is 24.5. The number of amides is 1. The highest BCUT2D eigenvalue weighted by Gasteiger charge is 2.25. The fourth-order valence-electron chi connectivity index (χ4n) is 4.37. The summed E-state index contributed by atoms with van der Waals surface area (Å²) >= 11 is 0. The zero-order chi connectivity index (χ0) is 29.1. The smallest absolute Gasteiger partial charge is 0.251 e. The van der Waals surface area contributed by atoms with Crippen molar-refractivity contribution in [3.8, 4) is 11.6 Å². The summed E-state index contributed by atoms with van der Waals surface area (Å²) in [7, 11) is 0. The highest BCUT2D eigenvalue weighted by Crippen LogP contribution is 2.23. The molecule has 2 atom stereocenters. The number of anilines is 1. The zero-order valence-electron chi connectivity index (χ0n) is 22.7. The molecule has 3 rings (SSSR count). The van der Waals surface area contributed by atoms with Gasteiger partial charge >= 0.3 is 0 Å². The number of halogens is 2. The van der Waals surface area contributed by atoms with Crippen molar-refractivity contribution in [3.63, 3.8) is 0 Å². The van der Waals surface area contributed by atoms with Gasteiger partial charge in [0.2, 0.25) is 5.89 Å². The molecule has 0 radical (unpaired) electrons. The maximum atomic E-state index is 13.9. The lowest BCUT2D eigenvalue weighted by atomic mass is 9.97. The van der Waals surface area contributed by atoms with Crippen LogP contribution in [0.5, 0.6) is 0 Å². The molecule has 0 fully saturated rings. The Bertz CT molecular complexity index is 1270. The predicted octanol–water partition coefficient (Wildman–Crippen LogP) is 4.62. The first-order valence-electron chi connectivity index (χ1n) is 13.3. The summed E-state index contributed by atoms with van der Waals surface area (Å²) in [6.45, 7) is 5.57. The molecule has 9 nitrogen and oxygen atoms in total. The Morgan fingerprint density at radius 3 is 2.48 bits per heavy atom. The minimum absolute atomic E-state index is 0.0297. The standard InChI is InChI=1S/C29H36F2N6O3/c1-3-10-37(11-4-2)27-17-20(16-25(35-27)29-34-9-12-40-29)28(39)36-24(26(38)6-5-23(33)7-8-32)15-19-13-21(30)18-22(31)14-19/h7-9,12-14,16-18,24,26,32,38H,3-6,10-11,15,33H2,1-2H3,(H,36,39)/b23-7-,32-8?. The highest BCUT2D eigenvalue weighted by atomic mass is 19.1. The van der Waals surface area contributed by atoms with Crippen molar-refractivity contribution in [1.82, 2.24) is 15.3 Å². The van der Waals surface area contributed by atoms with Gasteiger partial charge in [-0.25, -0.2) is 18.7 Å². The Hall–Kier alpha value is -4.12. The van der Waals surface area contributed by atoms with Crippen molar-refractivity contribution < 1.29 is 23.1 Å². The molecule has 2 heterocycles. The summed E-state index contributed by atoms with van der Waals surface area (Å²) in [6, 6.07) is 5.41. The first-order valence-corrected chi connectivity index (χ1v) is 13.3. The van der Waals surface area contributed by atoms with Gasteiger partial charge in [-0.2, -0.15) is 0 Å². The normalized spacial score (nSPS) is 13.1. The monoisotopic (exact) mass is 554 g/mol. The second kappa shape index (κ2) is 14.9. The minimum atomic E-state index is -1.10. The summed E-state index contributed by atoms with van der Waals surface area (Å²) in [5, 5.41) is 21.0. The SMILES string of the molecule is CCCN(CCC)c1cc(C(=O)NC(Cc2cc(F)cc(F)c2)C(O)CC/C(N)=C/C=N)cc(-c2ncco2)n1. The average Bonchev–Trinajstić information content (AvgIpc) is 3.46. The zero-order valence-corrected chi connectivity index (χ0v) is 22.7. The van der Waals surface area contributed by atoms with Gasteiger partial charge in [-0.1, -0.05) is 13.8 Å². The molecule has 11 heteroatoms. The van der Waals surface area contributed by atoms with Crippen molar-refractivity contribution in [3.05, 3.63) is 77.3 Å².